The summed E-state index contributed by atoms with van der Waals surface area (Å²) in [5.41, 5.74) is 3.73. The zero-order valence-electron chi connectivity index (χ0n) is 12.5. The molecule has 1 aromatic rings. The second kappa shape index (κ2) is 8.89. The van der Waals surface area contributed by atoms with Crippen LogP contribution in [0.1, 0.15) is 38.3 Å². The topological polar surface area (TPSA) is 21.3 Å². The molecular weight excluding hydrogens is 234 g/mol. The molecule has 1 N–H and O–H groups in total. The molecule has 1 rings (SSSR count). The molecule has 1 aromatic carbocycles. The van der Waals surface area contributed by atoms with Gasteiger partial charge < -0.3 is 10.1 Å². The van der Waals surface area contributed by atoms with Crippen molar-refractivity contribution >= 4 is 0 Å². The van der Waals surface area contributed by atoms with Gasteiger partial charge in [-0.25, -0.2) is 0 Å². The number of hydrogen-bond acceptors (Lipinski definition) is 2. The van der Waals surface area contributed by atoms with E-state index in [9.17, 15) is 0 Å². The molecule has 0 saturated heterocycles. The van der Waals surface area contributed by atoms with Gasteiger partial charge in [-0.05, 0) is 36.9 Å². The van der Waals surface area contributed by atoms with Crippen LogP contribution in [0.3, 0.4) is 0 Å². The van der Waals surface area contributed by atoms with Gasteiger partial charge in [0.05, 0.1) is 13.2 Å². The molecule has 0 aliphatic heterocycles. The largest absolute Gasteiger partial charge is 0.376 e. The first kappa shape index (κ1) is 15.9. The minimum absolute atomic E-state index is 0.687. The number of rotatable bonds is 9. The van der Waals surface area contributed by atoms with Crippen LogP contribution in [0.4, 0.5) is 0 Å². The van der Waals surface area contributed by atoms with Crippen molar-refractivity contribution in [1.82, 2.24) is 5.32 Å². The van der Waals surface area contributed by atoms with Gasteiger partial charge in [-0.3, -0.25) is 0 Å². The highest BCUT2D eigenvalue weighted by molar-refractivity contribution is 5.21. The molecule has 0 saturated carbocycles. The van der Waals surface area contributed by atoms with Crippen molar-refractivity contribution in [3.05, 3.63) is 47.5 Å². The molecule has 2 nitrogen and oxygen atoms in total. The van der Waals surface area contributed by atoms with E-state index in [1.165, 1.54) is 16.7 Å². The third kappa shape index (κ3) is 7.81. The summed E-state index contributed by atoms with van der Waals surface area (Å²) in [6, 6.07) is 8.63. The van der Waals surface area contributed by atoms with Crippen LogP contribution in [0.2, 0.25) is 0 Å². The predicted molar refractivity (Wildman–Crippen MR) is 82.1 cm³/mol. The lowest BCUT2D eigenvalue weighted by atomic mass is 10.1. The van der Waals surface area contributed by atoms with E-state index in [-0.39, 0.29) is 0 Å². The van der Waals surface area contributed by atoms with E-state index in [0.29, 0.717) is 12.5 Å². The summed E-state index contributed by atoms with van der Waals surface area (Å²) in [4.78, 5) is 0. The van der Waals surface area contributed by atoms with Crippen LogP contribution in [0.15, 0.2) is 36.4 Å². The SMILES string of the molecule is C=C(C)CCOCc1ccc(CNCC(C)C)cc1. The van der Waals surface area contributed by atoms with Gasteiger partial charge in [0.2, 0.25) is 0 Å². The average molecular weight is 261 g/mol. The Labute approximate surface area is 117 Å². The molecule has 2 heteroatoms. The first-order chi connectivity index (χ1) is 9.08. The summed E-state index contributed by atoms with van der Waals surface area (Å²) in [5, 5.41) is 3.44. The van der Waals surface area contributed by atoms with E-state index >= 15 is 0 Å². The molecule has 0 aliphatic rings. The molecule has 0 bridgehead atoms. The van der Waals surface area contributed by atoms with Gasteiger partial charge in [-0.1, -0.05) is 43.7 Å². The molecule has 0 aliphatic carbocycles. The van der Waals surface area contributed by atoms with Crippen LogP contribution in [-0.4, -0.2) is 13.2 Å². The Balaban J connectivity index is 2.25. The first-order valence-corrected chi connectivity index (χ1v) is 7.08. The summed E-state index contributed by atoms with van der Waals surface area (Å²) in [7, 11) is 0. The fourth-order valence-electron chi connectivity index (χ4n) is 1.69. The predicted octanol–water partition coefficient (Wildman–Crippen LogP) is 3.92. The second-order valence-corrected chi connectivity index (χ2v) is 5.60. The summed E-state index contributed by atoms with van der Waals surface area (Å²) in [6.07, 6.45) is 0.942. The maximum Gasteiger partial charge on any atom is 0.0717 e. The number of nitrogens with one attached hydrogen (secondary N) is 1. The third-order valence-electron chi connectivity index (χ3n) is 2.85. The summed E-state index contributed by atoms with van der Waals surface area (Å²) in [6.45, 7) is 13.8. The Morgan fingerprint density at radius 1 is 1.21 bits per heavy atom. The van der Waals surface area contributed by atoms with E-state index < -0.39 is 0 Å². The van der Waals surface area contributed by atoms with E-state index in [1.54, 1.807) is 0 Å². The molecule has 0 atom stereocenters. The summed E-state index contributed by atoms with van der Waals surface area (Å²) in [5.74, 6) is 0.695. The molecule has 0 spiro atoms. The van der Waals surface area contributed by atoms with E-state index in [1.807, 2.05) is 6.92 Å². The van der Waals surface area contributed by atoms with Gasteiger partial charge in [-0.15, -0.1) is 6.58 Å². The molecular formula is C17H27NO. The highest BCUT2D eigenvalue weighted by Gasteiger charge is 1.97. The molecule has 19 heavy (non-hydrogen) atoms. The molecule has 0 unspecified atom stereocenters. The first-order valence-electron chi connectivity index (χ1n) is 7.08. The Hall–Kier alpha value is -1.12. The molecule has 0 amide bonds. The Kier molecular flexibility index (Phi) is 7.46. The Bertz CT molecular complexity index is 367. The zero-order valence-corrected chi connectivity index (χ0v) is 12.5. The van der Waals surface area contributed by atoms with Gasteiger partial charge in [0.1, 0.15) is 0 Å². The van der Waals surface area contributed by atoms with E-state index in [4.69, 9.17) is 4.74 Å². The van der Waals surface area contributed by atoms with Crippen LogP contribution >= 0.6 is 0 Å². The summed E-state index contributed by atoms with van der Waals surface area (Å²) >= 11 is 0. The van der Waals surface area contributed by atoms with Crippen molar-refractivity contribution in [3.63, 3.8) is 0 Å². The Morgan fingerprint density at radius 3 is 2.42 bits per heavy atom. The van der Waals surface area contributed by atoms with Gasteiger partial charge in [0, 0.05) is 6.54 Å². The standard InChI is InChI=1S/C17H27NO/c1-14(2)9-10-19-13-17-7-5-16(6-8-17)12-18-11-15(3)4/h5-8,15,18H,1,9-13H2,2-4H3. The lowest BCUT2D eigenvalue weighted by Crippen LogP contribution is -2.18. The second-order valence-electron chi connectivity index (χ2n) is 5.60. The molecule has 0 fully saturated rings. The maximum atomic E-state index is 5.61. The van der Waals surface area contributed by atoms with Crippen molar-refractivity contribution in [2.24, 2.45) is 5.92 Å². The van der Waals surface area contributed by atoms with Crippen molar-refractivity contribution in [2.45, 2.75) is 40.3 Å². The third-order valence-corrected chi connectivity index (χ3v) is 2.85. The van der Waals surface area contributed by atoms with E-state index in [0.717, 1.165) is 26.1 Å². The number of benzene rings is 1. The van der Waals surface area contributed by atoms with Crippen LogP contribution in [0.25, 0.3) is 0 Å². The number of hydrogen-bond donors (Lipinski definition) is 1. The Morgan fingerprint density at radius 2 is 1.84 bits per heavy atom. The average Bonchev–Trinajstić information content (AvgIpc) is 2.36. The van der Waals surface area contributed by atoms with E-state index in [2.05, 4.69) is 50.0 Å². The maximum absolute atomic E-state index is 5.61. The van der Waals surface area contributed by atoms with Gasteiger partial charge in [0.15, 0.2) is 0 Å². The monoisotopic (exact) mass is 261 g/mol. The van der Waals surface area contributed by atoms with Crippen LogP contribution < -0.4 is 5.32 Å². The molecule has 0 aromatic heterocycles. The van der Waals surface area contributed by atoms with Crippen molar-refractivity contribution in [1.29, 1.82) is 0 Å². The van der Waals surface area contributed by atoms with Gasteiger partial charge in [0.25, 0.3) is 0 Å². The minimum atomic E-state index is 0.687. The molecule has 0 heterocycles. The minimum Gasteiger partial charge on any atom is -0.376 e. The fraction of sp³-hybridized carbons (Fsp3) is 0.529. The lowest BCUT2D eigenvalue weighted by molar-refractivity contribution is 0.124. The quantitative estimate of drug-likeness (QED) is 0.537. The number of ether oxygens (including phenoxy) is 1. The smallest absolute Gasteiger partial charge is 0.0717 e. The van der Waals surface area contributed by atoms with Gasteiger partial charge >= 0.3 is 0 Å². The van der Waals surface area contributed by atoms with Crippen LogP contribution in [-0.2, 0) is 17.9 Å². The van der Waals surface area contributed by atoms with Crippen molar-refractivity contribution < 1.29 is 4.74 Å². The highest BCUT2D eigenvalue weighted by atomic mass is 16.5. The van der Waals surface area contributed by atoms with Crippen LogP contribution in [0.5, 0.6) is 0 Å². The van der Waals surface area contributed by atoms with Crippen LogP contribution in [0, 0.1) is 5.92 Å². The highest BCUT2D eigenvalue weighted by Crippen LogP contribution is 2.07. The molecule has 0 radical (unpaired) electrons. The zero-order chi connectivity index (χ0) is 14.1. The van der Waals surface area contributed by atoms with Gasteiger partial charge in [-0.2, -0.15) is 0 Å². The van der Waals surface area contributed by atoms with Crippen molar-refractivity contribution in [2.75, 3.05) is 13.2 Å². The fourth-order valence-corrected chi connectivity index (χ4v) is 1.69. The summed E-state index contributed by atoms with van der Waals surface area (Å²) < 4.78 is 5.61. The lowest BCUT2D eigenvalue weighted by Gasteiger charge is -2.08. The molecule has 106 valence electrons. The normalized spacial score (nSPS) is 10.9. The van der Waals surface area contributed by atoms with Crippen molar-refractivity contribution in [3.8, 4) is 0 Å².